The third kappa shape index (κ3) is 2.54. The van der Waals surface area contributed by atoms with E-state index in [4.69, 9.17) is 4.74 Å². The largest absolute Gasteiger partial charge is 0.483 e. The van der Waals surface area contributed by atoms with Crippen LogP contribution in [0.5, 0.6) is 5.75 Å². The molecule has 3 aliphatic heterocycles. The molecule has 0 N–H and O–H groups in total. The second-order valence-corrected chi connectivity index (χ2v) is 8.97. The molecule has 1 spiro atoms. The van der Waals surface area contributed by atoms with E-state index in [1.54, 1.807) is 4.90 Å². The number of pyridine rings is 1. The Morgan fingerprint density at radius 1 is 1.21 bits per heavy atom. The van der Waals surface area contributed by atoms with E-state index in [9.17, 15) is 9.59 Å². The zero-order valence-electron chi connectivity index (χ0n) is 15.3. The first-order valence-corrected chi connectivity index (χ1v) is 10.7. The highest BCUT2D eigenvalue weighted by molar-refractivity contribution is 14.1. The van der Waals surface area contributed by atoms with Crippen molar-refractivity contribution in [3.8, 4) is 5.75 Å². The van der Waals surface area contributed by atoms with Gasteiger partial charge in [0.25, 0.3) is 5.91 Å². The Labute approximate surface area is 175 Å². The molecule has 7 heteroatoms. The van der Waals surface area contributed by atoms with Gasteiger partial charge < -0.3 is 14.2 Å². The molecule has 2 bridgehead atoms. The standard InChI is InChI=1S/C21H20FIN2O3/c22-14-10-21-8-4-5-9-24(12-21)20(27)17-19(18(26)15(23)16(14)25(17)21)28-11-13-6-2-1-3-7-13/h1-3,6-7,14H,4-5,8-12H2. The number of fused-ring (bicyclic) bond motifs is 1. The van der Waals surface area contributed by atoms with Gasteiger partial charge in [-0.05, 0) is 47.4 Å². The van der Waals surface area contributed by atoms with E-state index in [0.717, 1.165) is 24.8 Å². The Morgan fingerprint density at radius 3 is 2.79 bits per heavy atom. The van der Waals surface area contributed by atoms with Gasteiger partial charge in [0.2, 0.25) is 5.43 Å². The van der Waals surface area contributed by atoms with E-state index >= 15 is 4.39 Å². The normalized spacial score (nSPS) is 25.4. The van der Waals surface area contributed by atoms with Crippen LogP contribution in [-0.2, 0) is 12.1 Å². The lowest BCUT2D eigenvalue weighted by molar-refractivity contribution is 0.0568. The highest BCUT2D eigenvalue weighted by Crippen LogP contribution is 2.51. The SMILES string of the molecule is O=C1c2c(OCc3ccccc3)c(=O)c(I)c3n2C2(CCCCN1C2)CC3F. The predicted molar refractivity (Wildman–Crippen MR) is 110 cm³/mol. The smallest absolute Gasteiger partial charge is 0.274 e. The minimum absolute atomic E-state index is 0.0621. The summed E-state index contributed by atoms with van der Waals surface area (Å²) in [6.45, 7) is 1.35. The highest BCUT2D eigenvalue weighted by atomic mass is 127. The summed E-state index contributed by atoms with van der Waals surface area (Å²) in [6.07, 6.45) is 1.75. The molecule has 146 valence electrons. The van der Waals surface area contributed by atoms with Crippen LogP contribution in [0.4, 0.5) is 4.39 Å². The van der Waals surface area contributed by atoms with Crippen LogP contribution in [0.15, 0.2) is 35.1 Å². The second-order valence-electron chi connectivity index (χ2n) is 7.90. The van der Waals surface area contributed by atoms with E-state index in [1.807, 2.05) is 57.5 Å². The number of hydrogen-bond donors (Lipinski definition) is 0. The number of carbonyl (C=O) groups is 1. The average molecular weight is 494 g/mol. The number of rotatable bonds is 3. The molecule has 0 radical (unpaired) electrons. The number of ether oxygens (including phenoxy) is 1. The molecule has 1 fully saturated rings. The van der Waals surface area contributed by atoms with Crippen LogP contribution in [0, 0.1) is 3.57 Å². The summed E-state index contributed by atoms with van der Waals surface area (Å²) >= 11 is 1.92. The van der Waals surface area contributed by atoms with Gasteiger partial charge in [-0.3, -0.25) is 9.59 Å². The van der Waals surface area contributed by atoms with Gasteiger partial charge in [-0.15, -0.1) is 0 Å². The summed E-state index contributed by atoms with van der Waals surface area (Å²) in [6, 6.07) is 9.52. The molecule has 2 unspecified atom stereocenters. The molecule has 2 atom stereocenters. The summed E-state index contributed by atoms with van der Waals surface area (Å²) < 4.78 is 23.2. The number of aromatic nitrogens is 1. The third-order valence-corrected chi connectivity index (χ3v) is 7.20. The summed E-state index contributed by atoms with van der Waals surface area (Å²) in [5.74, 6) is -0.156. The molecule has 1 aromatic carbocycles. The Balaban J connectivity index is 1.70. The van der Waals surface area contributed by atoms with Crippen molar-refractivity contribution in [1.82, 2.24) is 9.47 Å². The molecule has 1 aromatic heterocycles. The molecular formula is C21H20FIN2O3. The van der Waals surface area contributed by atoms with Crippen LogP contribution < -0.4 is 10.2 Å². The maximum absolute atomic E-state index is 15.1. The van der Waals surface area contributed by atoms with E-state index in [1.165, 1.54) is 0 Å². The zero-order valence-corrected chi connectivity index (χ0v) is 17.4. The van der Waals surface area contributed by atoms with Crippen LogP contribution in [0.3, 0.4) is 0 Å². The van der Waals surface area contributed by atoms with Crippen molar-refractivity contribution in [1.29, 1.82) is 0 Å². The molecule has 5 rings (SSSR count). The average Bonchev–Trinajstić information content (AvgIpc) is 2.85. The number of nitrogens with zero attached hydrogens (tertiary/aromatic N) is 2. The molecule has 28 heavy (non-hydrogen) atoms. The van der Waals surface area contributed by atoms with E-state index in [-0.39, 0.29) is 29.4 Å². The summed E-state index contributed by atoms with van der Waals surface area (Å²) in [5, 5.41) is 0. The molecule has 5 nitrogen and oxygen atoms in total. The van der Waals surface area contributed by atoms with Crippen molar-refractivity contribution in [3.05, 3.63) is 61.1 Å². The molecule has 3 aliphatic rings. The fraction of sp³-hybridized carbons (Fsp3) is 0.429. The zero-order chi connectivity index (χ0) is 19.5. The first kappa shape index (κ1) is 18.1. The number of amides is 1. The maximum atomic E-state index is 15.1. The first-order chi connectivity index (χ1) is 13.5. The van der Waals surface area contributed by atoms with Gasteiger partial charge in [0.1, 0.15) is 12.8 Å². The maximum Gasteiger partial charge on any atom is 0.274 e. The summed E-state index contributed by atoms with van der Waals surface area (Å²) in [5.41, 5.74) is 0.666. The van der Waals surface area contributed by atoms with Crippen LogP contribution in [0.2, 0.25) is 0 Å². The Morgan fingerprint density at radius 2 is 2.00 bits per heavy atom. The molecular weight excluding hydrogens is 474 g/mol. The van der Waals surface area contributed by atoms with Crippen LogP contribution in [0.25, 0.3) is 0 Å². The van der Waals surface area contributed by atoms with Gasteiger partial charge in [-0.2, -0.15) is 0 Å². The number of alkyl halides is 1. The lowest BCUT2D eigenvalue weighted by atomic mass is 9.88. The molecule has 0 aliphatic carbocycles. The van der Waals surface area contributed by atoms with Crippen LogP contribution in [-0.4, -0.2) is 28.5 Å². The molecule has 1 saturated heterocycles. The second kappa shape index (κ2) is 6.57. The monoisotopic (exact) mass is 494 g/mol. The summed E-state index contributed by atoms with van der Waals surface area (Å²) in [4.78, 5) is 28.1. The van der Waals surface area contributed by atoms with E-state index < -0.39 is 11.7 Å². The molecule has 1 amide bonds. The van der Waals surface area contributed by atoms with Crippen molar-refractivity contribution in [2.45, 2.75) is 44.0 Å². The van der Waals surface area contributed by atoms with Gasteiger partial charge in [0.15, 0.2) is 11.4 Å². The first-order valence-electron chi connectivity index (χ1n) is 9.61. The Kier molecular flexibility index (Phi) is 4.26. The fourth-order valence-corrected chi connectivity index (χ4v) is 5.76. The van der Waals surface area contributed by atoms with Crippen LogP contribution in [0.1, 0.15) is 53.6 Å². The van der Waals surface area contributed by atoms with Gasteiger partial charge in [0, 0.05) is 19.5 Å². The van der Waals surface area contributed by atoms with Crippen molar-refractivity contribution >= 4 is 28.5 Å². The highest BCUT2D eigenvalue weighted by Gasteiger charge is 2.53. The van der Waals surface area contributed by atoms with Crippen molar-refractivity contribution in [2.75, 3.05) is 13.1 Å². The Bertz CT molecular complexity index is 1020. The van der Waals surface area contributed by atoms with Gasteiger partial charge in [-0.1, -0.05) is 30.3 Å². The fourth-order valence-electron chi connectivity index (χ4n) is 4.93. The molecule has 4 heterocycles. The third-order valence-electron chi connectivity index (χ3n) is 6.16. The topological polar surface area (TPSA) is 51.5 Å². The van der Waals surface area contributed by atoms with E-state index in [2.05, 4.69) is 0 Å². The number of halogens is 2. The van der Waals surface area contributed by atoms with Gasteiger partial charge in [-0.25, -0.2) is 4.39 Å². The lowest BCUT2D eigenvalue weighted by Crippen LogP contribution is -2.52. The molecule has 2 aromatic rings. The summed E-state index contributed by atoms with van der Waals surface area (Å²) in [7, 11) is 0. The van der Waals surface area contributed by atoms with Crippen LogP contribution >= 0.6 is 22.6 Å². The molecule has 0 saturated carbocycles. The quantitative estimate of drug-likeness (QED) is 0.611. The number of benzene rings is 1. The minimum atomic E-state index is -1.23. The van der Waals surface area contributed by atoms with Crippen molar-refractivity contribution in [3.63, 3.8) is 0 Å². The minimum Gasteiger partial charge on any atom is -0.483 e. The lowest BCUT2D eigenvalue weighted by Gasteiger charge is -2.41. The van der Waals surface area contributed by atoms with Crippen molar-refractivity contribution < 1.29 is 13.9 Å². The van der Waals surface area contributed by atoms with Crippen molar-refractivity contribution in [2.24, 2.45) is 0 Å². The van der Waals surface area contributed by atoms with E-state index in [0.29, 0.717) is 28.8 Å². The number of hydrogen-bond acceptors (Lipinski definition) is 3. The number of carbonyl (C=O) groups excluding carboxylic acids is 1. The Hall–Kier alpha value is -1.90. The van der Waals surface area contributed by atoms with Gasteiger partial charge >= 0.3 is 0 Å². The predicted octanol–water partition coefficient (Wildman–Crippen LogP) is 3.78. The van der Waals surface area contributed by atoms with Gasteiger partial charge in [0.05, 0.1) is 14.8 Å².